The summed E-state index contributed by atoms with van der Waals surface area (Å²) >= 11 is 1.40. The van der Waals surface area contributed by atoms with Crippen LogP contribution in [0.1, 0.15) is 34.3 Å². The lowest BCUT2D eigenvalue weighted by Crippen LogP contribution is -2.27. The molecule has 0 unspecified atom stereocenters. The van der Waals surface area contributed by atoms with Crippen LogP contribution in [0, 0.1) is 13.8 Å². The van der Waals surface area contributed by atoms with Crippen LogP contribution in [-0.2, 0) is 4.79 Å². The Morgan fingerprint density at radius 1 is 1.12 bits per heavy atom. The highest BCUT2D eigenvalue weighted by Gasteiger charge is 2.23. The van der Waals surface area contributed by atoms with Gasteiger partial charge in [0.15, 0.2) is 0 Å². The standard InChI is InChI=1S/C20H22N2O2S/c1-13-7-10-17(14(2)11-13)22-20(24)16-5-3-4-6-18(16)25-12-19(23)21-15-8-9-15/h3-7,10-11,15H,8-9,12H2,1-2H3,(H,21,23)(H,22,24). The largest absolute Gasteiger partial charge is 0.353 e. The number of hydrogen-bond donors (Lipinski definition) is 2. The molecule has 1 fully saturated rings. The number of anilines is 1. The Balaban J connectivity index is 1.68. The van der Waals surface area contributed by atoms with Crippen LogP contribution >= 0.6 is 11.8 Å². The Labute approximate surface area is 152 Å². The van der Waals surface area contributed by atoms with Crippen molar-refractivity contribution in [3.05, 3.63) is 59.2 Å². The van der Waals surface area contributed by atoms with E-state index < -0.39 is 0 Å². The van der Waals surface area contributed by atoms with Crippen molar-refractivity contribution in [1.29, 1.82) is 0 Å². The number of hydrogen-bond acceptors (Lipinski definition) is 3. The fourth-order valence-electron chi connectivity index (χ4n) is 2.56. The van der Waals surface area contributed by atoms with Gasteiger partial charge in [0.25, 0.3) is 5.91 Å². The average molecular weight is 354 g/mol. The third kappa shape index (κ3) is 4.86. The predicted octanol–water partition coefficient (Wildman–Crippen LogP) is 3.93. The summed E-state index contributed by atoms with van der Waals surface area (Å²) in [5.41, 5.74) is 3.59. The number of rotatable bonds is 6. The van der Waals surface area contributed by atoms with E-state index >= 15 is 0 Å². The summed E-state index contributed by atoms with van der Waals surface area (Å²) in [4.78, 5) is 25.4. The first-order valence-corrected chi connectivity index (χ1v) is 9.41. The molecule has 25 heavy (non-hydrogen) atoms. The van der Waals surface area contributed by atoms with E-state index in [2.05, 4.69) is 10.6 Å². The van der Waals surface area contributed by atoms with E-state index in [4.69, 9.17) is 0 Å². The van der Waals surface area contributed by atoms with Gasteiger partial charge < -0.3 is 10.6 Å². The monoisotopic (exact) mass is 354 g/mol. The van der Waals surface area contributed by atoms with E-state index in [0.29, 0.717) is 17.4 Å². The first-order valence-electron chi connectivity index (χ1n) is 8.43. The van der Waals surface area contributed by atoms with E-state index in [1.54, 1.807) is 6.07 Å². The molecule has 0 heterocycles. The van der Waals surface area contributed by atoms with Crippen molar-refractivity contribution in [2.24, 2.45) is 0 Å². The van der Waals surface area contributed by atoms with Crippen LogP contribution in [0.4, 0.5) is 5.69 Å². The minimum Gasteiger partial charge on any atom is -0.353 e. The Kier molecular flexibility index (Phi) is 5.43. The van der Waals surface area contributed by atoms with Crippen LogP contribution < -0.4 is 10.6 Å². The van der Waals surface area contributed by atoms with Crippen LogP contribution in [0.15, 0.2) is 47.4 Å². The van der Waals surface area contributed by atoms with Crippen LogP contribution in [0.5, 0.6) is 0 Å². The summed E-state index contributed by atoms with van der Waals surface area (Å²) in [7, 11) is 0. The second-order valence-electron chi connectivity index (χ2n) is 6.40. The molecular weight excluding hydrogens is 332 g/mol. The first-order chi connectivity index (χ1) is 12.0. The second-order valence-corrected chi connectivity index (χ2v) is 7.42. The first kappa shape index (κ1) is 17.5. The van der Waals surface area contributed by atoms with Gasteiger partial charge in [-0.3, -0.25) is 9.59 Å². The van der Waals surface area contributed by atoms with E-state index in [1.807, 2.05) is 50.2 Å². The van der Waals surface area contributed by atoms with Crippen LogP contribution in [-0.4, -0.2) is 23.6 Å². The van der Waals surface area contributed by atoms with Gasteiger partial charge >= 0.3 is 0 Å². The third-order valence-corrected chi connectivity index (χ3v) is 5.14. The lowest BCUT2D eigenvalue weighted by atomic mass is 10.1. The van der Waals surface area contributed by atoms with Crippen molar-refractivity contribution in [2.45, 2.75) is 37.6 Å². The Morgan fingerprint density at radius 3 is 2.60 bits per heavy atom. The lowest BCUT2D eigenvalue weighted by molar-refractivity contribution is -0.118. The average Bonchev–Trinajstić information content (AvgIpc) is 3.39. The van der Waals surface area contributed by atoms with Gasteiger partial charge in [-0.15, -0.1) is 11.8 Å². The van der Waals surface area contributed by atoms with E-state index in [-0.39, 0.29) is 11.8 Å². The molecule has 1 aliphatic rings. The zero-order valence-corrected chi connectivity index (χ0v) is 15.3. The van der Waals surface area contributed by atoms with Crippen molar-refractivity contribution >= 4 is 29.3 Å². The van der Waals surface area contributed by atoms with Crippen molar-refractivity contribution in [1.82, 2.24) is 5.32 Å². The van der Waals surface area contributed by atoms with Gasteiger partial charge in [-0.2, -0.15) is 0 Å². The SMILES string of the molecule is Cc1ccc(NC(=O)c2ccccc2SCC(=O)NC2CC2)c(C)c1. The lowest BCUT2D eigenvalue weighted by Gasteiger charge is -2.12. The summed E-state index contributed by atoms with van der Waals surface area (Å²) in [6.45, 7) is 4.00. The minimum atomic E-state index is -0.155. The third-order valence-electron chi connectivity index (χ3n) is 4.06. The summed E-state index contributed by atoms with van der Waals surface area (Å²) < 4.78 is 0. The van der Waals surface area contributed by atoms with Crippen molar-refractivity contribution in [2.75, 3.05) is 11.1 Å². The normalized spacial score (nSPS) is 13.4. The Bertz CT molecular complexity index is 800. The van der Waals surface area contributed by atoms with Gasteiger partial charge in [0.05, 0.1) is 11.3 Å². The molecule has 4 nitrogen and oxygen atoms in total. The van der Waals surface area contributed by atoms with Crippen LogP contribution in [0.3, 0.4) is 0 Å². The summed E-state index contributed by atoms with van der Waals surface area (Å²) in [5.74, 6) is 0.194. The molecule has 0 bridgehead atoms. The number of carbonyl (C=O) groups is 2. The van der Waals surface area contributed by atoms with Gasteiger partial charge in [0.1, 0.15) is 0 Å². The fourth-order valence-corrected chi connectivity index (χ4v) is 3.42. The van der Waals surface area contributed by atoms with E-state index in [0.717, 1.165) is 34.6 Å². The summed E-state index contributed by atoms with van der Waals surface area (Å²) in [6, 6.07) is 13.7. The van der Waals surface area contributed by atoms with E-state index in [1.165, 1.54) is 11.8 Å². The number of nitrogens with one attached hydrogen (secondary N) is 2. The highest BCUT2D eigenvalue weighted by atomic mass is 32.2. The number of thioether (sulfide) groups is 1. The molecule has 1 aliphatic carbocycles. The van der Waals surface area contributed by atoms with Gasteiger partial charge in [-0.25, -0.2) is 0 Å². The highest BCUT2D eigenvalue weighted by molar-refractivity contribution is 8.00. The molecule has 0 saturated heterocycles. The van der Waals surface area contributed by atoms with Gasteiger partial charge in [-0.1, -0.05) is 29.8 Å². The molecule has 2 aromatic carbocycles. The molecule has 0 atom stereocenters. The fraction of sp³-hybridized carbons (Fsp3) is 0.300. The molecule has 2 amide bonds. The summed E-state index contributed by atoms with van der Waals surface area (Å²) in [5, 5.41) is 5.94. The minimum absolute atomic E-state index is 0.0251. The molecule has 2 aromatic rings. The number of amides is 2. The van der Waals surface area contributed by atoms with Gasteiger partial charge in [0.2, 0.25) is 5.91 Å². The van der Waals surface area contributed by atoms with Crippen LogP contribution in [0.25, 0.3) is 0 Å². The molecule has 0 aliphatic heterocycles. The maximum absolute atomic E-state index is 12.7. The maximum atomic E-state index is 12.7. The zero-order valence-electron chi connectivity index (χ0n) is 14.5. The molecular formula is C20H22N2O2S. The summed E-state index contributed by atoms with van der Waals surface area (Å²) in [6.07, 6.45) is 2.15. The number of benzene rings is 2. The molecule has 3 rings (SSSR count). The second kappa shape index (κ2) is 7.74. The molecule has 0 aromatic heterocycles. The zero-order chi connectivity index (χ0) is 17.8. The van der Waals surface area contributed by atoms with Crippen molar-refractivity contribution in [3.63, 3.8) is 0 Å². The molecule has 2 N–H and O–H groups in total. The maximum Gasteiger partial charge on any atom is 0.256 e. The molecule has 5 heteroatoms. The molecule has 130 valence electrons. The van der Waals surface area contributed by atoms with Crippen LogP contribution in [0.2, 0.25) is 0 Å². The smallest absolute Gasteiger partial charge is 0.256 e. The van der Waals surface area contributed by atoms with Gasteiger partial charge in [-0.05, 0) is 50.5 Å². The predicted molar refractivity (Wildman–Crippen MR) is 102 cm³/mol. The number of aryl methyl sites for hydroxylation is 2. The highest BCUT2D eigenvalue weighted by Crippen LogP contribution is 2.25. The van der Waals surface area contributed by atoms with Gasteiger partial charge in [0, 0.05) is 16.6 Å². The van der Waals surface area contributed by atoms with Crippen molar-refractivity contribution in [3.8, 4) is 0 Å². The Hall–Kier alpha value is -2.27. The topological polar surface area (TPSA) is 58.2 Å². The molecule has 0 radical (unpaired) electrons. The number of carbonyl (C=O) groups excluding carboxylic acids is 2. The quantitative estimate of drug-likeness (QED) is 0.773. The molecule has 0 spiro atoms. The Morgan fingerprint density at radius 2 is 1.88 bits per heavy atom. The van der Waals surface area contributed by atoms with E-state index in [9.17, 15) is 9.59 Å². The molecule has 1 saturated carbocycles. The van der Waals surface area contributed by atoms with Crippen molar-refractivity contribution < 1.29 is 9.59 Å².